The number of carbonyl (C=O) groups excluding carboxylic acids is 1. The first-order valence-corrected chi connectivity index (χ1v) is 12.6. The first-order valence-electron chi connectivity index (χ1n) is 12.6. The number of piperazine rings is 1. The molecule has 5 rings (SSSR count). The van der Waals surface area contributed by atoms with Gasteiger partial charge in [-0.1, -0.05) is 48.0 Å². The van der Waals surface area contributed by atoms with Crippen molar-refractivity contribution in [3.05, 3.63) is 65.7 Å². The Morgan fingerprint density at radius 1 is 0.879 bits per heavy atom. The lowest BCUT2D eigenvalue weighted by Crippen LogP contribution is -2.47. The number of hydrogen-bond acceptors (Lipinski definition) is 5. The highest BCUT2D eigenvalue weighted by molar-refractivity contribution is 5.79. The van der Waals surface area contributed by atoms with E-state index in [-0.39, 0.29) is 17.5 Å². The molecule has 0 N–H and O–H groups in total. The normalized spacial score (nSPS) is 23.7. The summed E-state index contributed by atoms with van der Waals surface area (Å²) in [5.74, 6) is 0.0658. The van der Waals surface area contributed by atoms with Crippen molar-refractivity contribution in [2.24, 2.45) is 5.41 Å². The zero-order valence-electron chi connectivity index (χ0n) is 19.9. The highest BCUT2D eigenvalue weighted by Crippen LogP contribution is 2.44. The molecule has 0 aromatic heterocycles. The molecule has 2 aromatic carbocycles. The number of anilines is 1. The number of cyclic esters (lactones) is 1. The third-order valence-corrected chi connectivity index (χ3v) is 7.93. The van der Waals surface area contributed by atoms with Crippen LogP contribution in [0.3, 0.4) is 0 Å². The van der Waals surface area contributed by atoms with Gasteiger partial charge in [0.15, 0.2) is 0 Å². The fourth-order valence-corrected chi connectivity index (χ4v) is 5.70. The van der Waals surface area contributed by atoms with Crippen molar-refractivity contribution < 1.29 is 9.53 Å². The van der Waals surface area contributed by atoms with Crippen LogP contribution in [0.25, 0.3) is 0 Å². The molecule has 3 fully saturated rings. The van der Waals surface area contributed by atoms with Crippen LogP contribution >= 0.6 is 0 Å². The number of ether oxygens (including phenoxy) is 1. The number of hydrogen-bond donors (Lipinski definition) is 0. The van der Waals surface area contributed by atoms with E-state index in [0.717, 1.165) is 78.0 Å². The predicted molar refractivity (Wildman–Crippen MR) is 132 cm³/mol. The van der Waals surface area contributed by atoms with Crippen LogP contribution < -0.4 is 4.90 Å². The van der Waals surface area contributed by atoms with Crippen LogP contribution in [0.5, 0.6) is 0 Å². The van der Waals surface area contributed by atoms with Gasteiger partial charge in [-0.25, -0.2) is 0 Å². The van der Waals surface area contributed by atoms with Gasteiger partial charge in [0.05, 0.1) is 5.41 Å². The molecule has 3 aliphatic heterocycles. The number of carbonyl (C=O) groups is 1. The van der Waals surface area contributed by atoms with Crippen LogP contribution in [-0.4, -0.2) is 67.7 Å². The molecular weight excluding hydrogens is 410 g/mol. The summed E-state index contributed by atoms with van der Waals surface area (Å²) in [6, 6.07) is 19.5. The van der Waals surface area contributed by atoms with E-state index in [1.54, 1.807) is 0 Å². The summed E-state index contributed by atoms with van der Waals surface area (Å²) in [6.45, 7) is 10.4. The monoisotopic (exact) mass is 447 g/mol. The Labute approximate surface area is 198 Å². The van der Waals surface area contributed by atoms with Gasteiger partial charge in [-0.15, -0.1) is 0 Å². The van der Waals surface area contributed by atoms with Gasteiger partial charge in [-0.05, 0) is 57.0 Å². The first kappa shape index (κ1) is 22.4. The lowest BCUT2D eigenvalue weighted by atomic mass is 9.75. The molecule has 2 aromatic rings. The lowest BCUT2D eigenvalue weighted by Gasteiger charge is -2.37. The van der Waals surface area contributed by atoms with Gasteiger partial charge in [0, 0.05) is 51.4 Å². The Kier molecular flexibility index (Phi) is 6.70. The molecular formula is C28H37N3O2. The Bertz CT molecular complexity index is 914. The van der Waals surface area contributed by atoms with Crippen LogP contribution in [0.15, 0.2) is 54.6 Å². The molecule has 0 bridgehead atoms. The van der Waals surface area contributed by atoms with E-state index in [9.17, 15) is 4.79 Å². The maximum Gasteiger partial charge on any atom is 0.312 e. The summed E-state index contributed by atoms with van der Waals surface area (Å²) in [5.41, 5.74) is 3.75. The molecule has 0 radical (unpaired) electrons. The highest BCUT2D eigenvalue weighted by Gasteiger charge is 2.50. The van der Waals surface area contributed by atoms with Gasteiger partial charge < -0.3 is 9.64 Å². The second-order valence-electron chi connectivity index (χ2n) is 10.2. The van der Waals surface area contributed by atoms with Gasteiger partial charge >= 0.3 is 5.97 Å². The zero-order valence-corrected chi connectivity index (χ0v) is 19.9. The van der Waals surface area contributed by atoms with E-state index in [1.165, 1.54) is 16.8 Å². The van der Waals surface area contributed by atoms with Crippen LogP contribution in [0.2, 0.25) is 0 Å². The molecule has 5 heteroatoms. The standard InChI is InChI=1S/C28H37N3O2/c1-23-7-9-25(10-8-23)31-19-17-29(18-20-31)14-11-26-21-28(27(32)33-26)12-15-30(16-13-28)22-24-5-3-2-4-6-24/h2-10,26H,11-22H2,1H3/t26-/m0/s1. The van der Waals surface area contributed by atoms with Gasteiger partial charge in [0.25, 0.3) is 0 Å². The van der Waals surface area contributed by atoms with E-state index in [2.05, 4.69) is 76.2 Å². The molecule has 3 saturated heterocycles. The van der Waals surface area contributed by atoms with Crippen molar-refractivity contribution in [2.75, 3.05) is 50.7 Å². The molecule has 3 aliphatic rings. The van der Waals surface area contributed by atoms with E-state index in [1.807, 2.05) is 0 Å². The molecule has 1 atom stereocenters. The fraction of sp³-hybridized carbons (Fsp3) is 0.536. The summed E-state index contributed by atoms with van der Waals surface area (Å²) in [4.78, 5) is 20.3. The summed E-state index contributed by atoms with van der Waals surface area (Å²) in [5, 5.41) is 0. The topological polar surface area (TPSA) is 36.0 Å². The number of benzene rings is 2. The van der Waals surface area contributed by atoms with E-state index in [0.29, 0.717) is 0 Å². The Balaban J connectivity index is 1.06. The van der Waals surface area contributed by atoms with E-state index >= 15 is 0 Å². The minimum Gasteiger partial charge on any atom is -0.462 e. The van der Waals surface area contributed by atoms with Crippen molar-refractivity contribution in [3.8, 4) is 0 Å². The molecule has 33 heavy (non-hydrogen) atoms. The Morgan fingerprint density at radius 2 is 1.58 bits per heavy atom. The third kappa shape index (κ3) is 5.25. The highest BCUT2D eigenvalue weighted by atomic mass is 16.6. The maximum atomic E-state index is 12.8. The number of aryl methyl sites for hydroxylation is 1. The minimum absolute atomic E-state index is 0.0658. The van der Waals surface area contributed by atoms with Crippen molar-refractivity contribution in [1.29, 1.82) is 0 Å². The Hall–Kier alpha value is -2.37. The van der Waals surface area contributed by atoms with Gasteiger partial charge in [0.2, 0.25) is 0 Å². The number of nitrogens with zero attached hydrogens (tertiary/aromatic N) is 3. The zero-order chi connectivity index (χ0) is 22.7. The fourth-order valence-electron chi connectivity index (χ4n) is 5.70. The molecule has 0 amide bonds. The van der Waals surface area contributed by atoms with Crippen LogP contribution in [0.4, 0.5) is 5.69 Å². The smallest absolute Gasteiger partial charge is 0.312 e. The average Bonchev–Trinajstić information content (AvgIpc) is 3.15. The average molecular weight is 448 g/mol. The van der Waals surface area contributed by atoms with Gasteiger partial charge in [-0.2, -0.15) is 0 Å². The second-order valence-corrected chi connectivity index (χ2v) is 10.2. The third-order valence-electron chi connectivity index (χ3n) is 7.93. The number of likely N-dealkylation sites (tertiary alicyclic amines) is 1. The largest absolute Gasteiger partial charge is 0.462 e. The Morgan fingerprint density at radius 3 is 2.27 bits per heavy atom. The summed E-state index contributed by atoms with van der Waals surface area (Å²) in [7, 11) is 0. The molecule has 3 heterocycles. The van der Waals surface area contributed by atoms with Crippen molar-refractivity contribution >= 4 is 11.7 Å². The van der Waals surface area contributed by atoms with Crippen LogP contribution in [0.1, 0.15) is 36.8 Å². The minimum atomic E-state index is -0.234. The summed E-state index contributed by atoms with van der Waals surface area (Å²) < 4.78 is 5.91. The first-order chi connectivity index (χ1) is 16.1. The summed E-state index contributed by atoms with van der Waals surface area (Å²) >= 11 is 0. The molecule has 5 nitrogen and oxygen atoms in total. The number of esters is 1. The molecule has 1 spiro atoms. The SMILES string of the molecule is Cc1ccc(N2CCN(CC[C@H]3CC4(CCN(Cc5ccccc5)CC4)C(=O)O3)CC2)cc1. The van der Waals surface area contributed by atoms with Crippen molar-refractivity contribution in [1.82, 2.24) is 9.80 Å². The molecule has 176 valence electrons. The molecule has 0 aliphatic carbocycles. The molecule has 0 saturated carbocycles. The molecule has 0 unspecified atom stereocenters. The number of piperidine rings is 1. The van der Waals surface area contributed by atoms with E-state index in [4.69, 9.17) is 4.74 Å². The quantitative estimate of drug-likeness (QED) is 0.623. The van der Waals surface area contributed by atoms with Gasteiger partial charge in [-0.3, -0.25) is 14.6 Å². The summed E-state index contributed by atoms with van der Waals surface area (Å²) in [6.07, 6.45) is 3.84. The van der Waals surface area contributed by atoms with Crippen LogP contribution in [-0.2, 0) is 16.1 Å². The van der Waals surface area contributed by atoms with Gasteiger partial charge in [0.1, 0.15) is 6.10 Å². The number of rotatable bonds is 6. The predicted octanol–water partition coefficient (Wildman–Crippen LogP) is 4.11. The van der Waals surface area contributed by atoms with E-state index < -0.39 is 0 Å². The second kappa shape index (κ2) is 9.86. The maximum absolute atomic E-state index is 12.8. The van der Waals surface area contributed by atoms with Crippen LogP contribution in [0, 0.1) is 12.3 Å². The lowest BCUT2D eigenvalue weighted by molar-refractivity contribution is -0.151. The van der Waals surface area contributed by atoms with Crippen molar-refractivity contribution in [3.63, 3.8) is 0 Å². The van der Waals surface area contributed by atoms with Crippen molar-refractivity contribution in [2.45, 2.75) is 45.3 Å².